The zero-order valence-electron chi connectivity index (χ0n) is 16.2. The predicted molar refractivity (Wildman–Crippen MR) is 121 cm³/mol. The van der Waals surface area contributed by atoms with Gasteiger partial charge in [0.15, 0.2) is 11.4 Å². The number of azo groups is 1. The molecule has 0 saturated heterocycles. The number of nitrogens with zero attached hydrogens (tertiary/aromatic N) is 2. The molecule has 0 aliphatic rings. The molecule has 1 aromatic heterocycles. The first-order chi connectivity index (χ1) is 14.6. The van der Waals surface area contributed by atoms with E-state index in [2.05, 4.69) is 15.5 Å². The van der Waals surface area contributed by atoms with Crippen molar-refractivity contribution < 1.29 is 9.90 Å². The van der Waals surface area contributed by atoms with Crippen molar-refractivity contribution in [3.63, 3.8) is 0 Å². The fraction of sp³-hybridized carbons (Fsp3) is 0.0417. The van der Waals surface area contributed by atoms with Crippen LogP contribution in [0, 0.1) is 6.92 Å². The van der Waals surface area contributed by atoms with Gasteiger partial charge in [0.05, 0.1) is 5.69 Å². The Morgan fingerprint density at radius 1 is 0.867 bits per heavy atom. The lowest BCUT2D eigenvalue weighted by Crippen LogP contribution is -1.97. The number of thiophene rings is 1. The van der Waals surface area contributed by atoms with Gasteiger partial charge in [-0.25, -0.2) is 0 Å². The molecule has 0 fully saturated rings. The van der Waals surface area contributed by atoms with Gasteiger partial charge in [-0.2, -0.15) is 5.11 Å². The van der Waals surface area contributed by atoms with Crippen LogP contribution in [0.25, 0.3) is 0 Å². The standard InChI is InChI=1S/C24H19N3O2S/c1-16-12-14-19(15-13-16)26-27-20-22(29)23(21(28)17-8-4-2-5-9-17)30-24(20)25-18-10-6-3-7-11-18/h2-15,25,29H,1H3. The minimum absolute atomic E-state index is 0.178. The first-order valence-corrected chi connectivity index (χ1v) is 10.2. The normalized spacial score (nSPS) is 11.0. The highest BCUT2D eigenvalue weighted by Gasteiger charge is 2.24. The summed E-state index contributed by atoms with van der Waals surface area (Å²) in [7, 11) is 0. The van der Waals surface area contributed by atoms with Crippen molar-refractivity contribution in [1.29, 1.82) is 0 Å². The summed E-state index contributed by atoms with van der Waals surface area (Å²) >= 11 is 1.16. The summed E-state index contributed by atoms with van der Waals surface area (Å²) in [4.78, 5) is 13.2. The monoisotopic (exact) mass is 413 g/mol. The molecule has 0 atom stereocenters. The van der Waals surface area contributed by atoms with Gasteiger partial charge >= 0.3 is 0 Å². The molecule has 3 aromatic carbocycles. The zero-order chi connectivity index (χ0) is 20.9. The average Bonchev–Trinajstić information content (AvgIpc) is 3.09. The Balaban J connectivity index is 1.74. The van der Waals surface area contributed by atoms with Crippen molar-refractivity contribution in [3.8, 4) is 5.75 Å². The lowest BCUT2D eigenvalue weighted by molar-refractivity contribution is 0.104. The summed E-state index contributed by atoms with van der Waals surface area (Å²) in [5, 5.41) is 23.1. The van der Waals surface area contributed by atoms with E-state index in [1.165, 1.54) is 0 Å². The van der Waals surface area contributed by atoms with Gasteiger partial charge < -0.3 is 10.4 Å². The third-order valence-corrected chi connectivity index (χ3v) is 5.51. The van der Waals surface area contributed by atoms with E-state index in [-0.39, 0.29) is 22.1 Å². The van der Waals surface area contributed by atoms with Crippen molar-refractivity contribution in [2.45, 2.75) is 6.92 Å². The van der Waals surface area contributed by atoms with Crippen molar-refractivity contribution in [1.82, 2.24) is 0 Å². The van der Waals surface area contributed by atoms with Gasteiger partial charge in [-0.3, -0.25) is 4.79 Å². The lowest BCUT2D eigenvalue weighted by atomic mass is 10.1. The molecular weight excluding hydrogens is 394 g/mol. The van der Waals surface area contributed by atoms with E-state index in [4.69, 9.17) is 0 Å². The average molecular weight is 414 g/mol. The third kappa shape index (κ3) is 4.29. The first-order valence-electron chi connectivity index (χ1n) is 9.38. The quantitative estimate of drug-likeness (QED) is 0.260. The van der Waals surface area contributed by atoms with Gasteiger partial charge in [-0.05, 0) is 31.2 Å². The molecule has 0 bridgehead atoms. The molecule has 0 radical (unpaired) electrons. The molecule has 5 nitrogen and oxygen atoms in total. The Labute approximate surface area is 178 Å². The summed E-state index contributed by atoms with van der Waals surface area (Å²) in [6.07, 6.45) is 0. The molecule has 0 aliphatic heterocycles. The molecule has 0 unspecified atom stereocenters. The number of ketones is 1. The van der Waals surface area contributed by atoms with Gasteiger partial charge in [-0.15, -0.1) is 16.5 Å². The topological polar surface area (TPSA) is 74.0 Å². The van der Waals surface area contributed by atoms with Crippen LogP contribution in [0.1, 0.15) is 20.8 Å². The van der Waals surface area contributed by atoms with Crippen LogP contribution in [0.5, 0.6) is 5.75 Å². The fourth-order valence-corrected chi connectivity index (χ4v) is 3.85. The van der Waals surface area contributed by atoms with E-state index in [0.717, 1.165) is 22.6 Å². The van der Waals surface area contributed by atoms with Crippen LogP contribution in [-0.4, -0.2) is 10.9 Å². The molecule has 0 spiro atoms. The molecule has 4 rings (SSSR count). The van der Waals surface area contributed by atoms with Crippen LogP contribution in [0.4, 0.5) is 22.1 Å². The number of carbonyl (C=O) groups excluding carboxylic acids is 1. The number of aromatic hydroxyl groups is 1. The molecule has 0 aliphatic carbocycles. The Bertz CT molecular complexity index is 1180. The minimum Gasteiger partial charge on any atom is -0.504 e. The van der Waals surface area contributed by atoms with E-state index in [1.54, 1.807) is 24.3 Å². The van der Waals surface area contributed by atoms with Crippen LogP contribution in [0.2, 0.25) is 0 Å². The number of benzene rings is 3. The lowest BCUT2D eigenvalue weighted by Gasteiger charge is -2.04. The second-order valence-corrected chi connectivity index (χ2v) is 7.70. The molecule has 2 N–H and O–H groups in total. The van der Waals surface area contributed by atoms with Crippen LogP contribution in [-0.2, 0) is 0 Å². The van der Waals surface area contributed by atoms with Crippen molar-refractivity contribution in [2.24, 2.45) is 10.2 Å². The molecule has 0 saturated carbocycles. The summed E-state index contributed by atoms with van der Waals surface area (Å²) in [5.41, 5.74) is 3.34. The van der Waals surface area contributed by atoms with Gasteiger partial charge in [0.25, 0.3) is 0 Å². The molecule has 0 amide bonds. The molecule has 1 heterocycles. The SMILES string of the molecule is Cc1ccc(N=Nc2c(Nc3ccccc3)sc(C(=O)c3ccccc3)c2O)cc1. The Morgan fingerprint density at radius 2 is 1.50 bits per heavy atom. The molecule has 6 heteroatoms. The van der Waals surface area contributed by atoms with Crippen LogP contribution < -0.4 is 5.32 Å². The Hall–Kier alpha value is -3.77. The van der Waals surface area contributed by atoms with Crippen molar-refractivity contribution >= 4 is 39.2 Å². The van der Waals surface area contributed by atoms with Crippen molar-refractivity contribution in [3.05, 3.63) is 101 Å². The molecule has 30 heavy (non-hydrogen) atoms. The predicted octanol–water partition coefficient (Wildman–Crippen LogP) is 7.15. The van der Waals surface area contributed by atoms with Gasteiger partial charge in [0, 0.05) is 11.3 Å². The second-order valence-electron chi connectivity index (χ2n) is 6.68. The van der Waals surface area contributed by atoms with Crippen LogP contribution in [0.15, 0.2) is 95.2 Å². The van der Waals surface area contributed by atoms with Crippen molar-refractivity contribution in [2.75, 3.05) is 5.32 Å². The maximum Gasteiger partial charge on any atom is 0.206 e. The largest absolute Gasteiger partial charge is 0.504 e. The number of aryl methyl sites for hydroxylation is 1. The number of anilines is 2. The van der Waals surface area contributed by atoms with E-state index < -0.39 is 0 Å². The second kappa shape index (κ2) is 8.71. The Kier molecular flexibility index (Phi) is 5.68. The number of para-hydroxylation sites is 1. The molecule has 4 aromatic rings. The third-order valence-electron chi connectivity index (χ3n) is 4.43. The number of nitrogens with one attached hydrogen (secondary N) is 1. The fourth-order valence-electron chi connectivity index (χ4n) is 2.84. The number of carbonyl (C=O) groups is 1. The first kappa shape index (κ1) is 19.5. The Morgan fingerprint density at radius 3 is 2.17 bits per heavy atom. The van der Waals surface area contributed by atoms with E-state index in [9.17, 15) is 9.90 Å². The van der Waals surface area contributed by atoms with Gasteiger partial charge in [0.1, 0.15) is 9.88 Å². The number of hydrogen-bond donors (Lipinski definition) is 2. The maximum atomic E-state index is 12.9. The van der Waals surface area contributed by atoms with E-state index in [1.807, 2.05) is 67.6 Å². The number of hydrogen-bond acceptors (Lipinski definition) is 6. The van der Waals surface area contributed by atoms with Crippen LogP contribution >= 0.6 is 11.3 Å². The minimum atomic E-state index is -0.258. The van der Waals surface area contributed by atoms with Gasteiger partial charge in [-0.1, -0.05) is 66.2 Å². The molecular formula is C24H19N3O2S. The highest BCUT2D eigenvalue weighted by molar-refractivity contribution is 7.19. The zero-order valence-corrected chi connectivity index (χ0v) is 17.1. The summed E-state index contributed by atoms with van der Waals surface area (Å²) < 4.78 is 0. The highest BCUT2D eigenvalue weighted by Crippen LogP contribution is 2.48. The summed E-state index contributed by atoms with van der Waals surface area (Å²) in [6.45, 7) is 2.00. The highest BCUT2D eigenvalue weighted by atomic mass is 32.1. The maximum absolute atomic E-state index is 12.9. The van der Waals surface area contributed by atoms with Crippen LogP contribution in [0.3, 0.4) is 0 Å². The smallest absolute Gasteiger partial charge is 0.206 e. The van der Waals surface area contributed by atoms with E-state index in [0.29, 0.717) is 16.3 Å². The summed E-state index contributed by atoms with van der Waals surface area (Å²) in [5.74, 6) is -0.436. The molecule has 148 valence electrons. The number of rotatable bonds is 6. The van der Waals surface area contributed by atoms with Gasteiger partial charge in [0.2, 0.25) is 5.78 Å². The summed E-state index contributed by atoms with van der Waals surface area (Å²) in [6, 6.07) is 26.0. The van der Waals surface area contributed by atoms with E-state index >= 15 is 0 Å².